The number of aldehydes is 2. The second kappa shape index (κ2) is 10.2. The largest absolute Gasteiger partial charge is 0.416 e. The van der Waals surface area contributed by atoms with Crippen LogP contribution in [0, 0.1) is 13.8 Å². The number of carbonyl (C=O) groups excluding carboxylic acids is 2. The Bertz CT molecular complexity index is 1480. The zero-order valence-corrected chi connectivity index (χ0v) is 19.8. The molecule has 0 N–H and O–H groups in total. The van der Waals surface area contributed by atoms with Crippen molar-refractivity contribution in [3.63, 3.8) is 0 Å². The van der Waals surface area contributed by atoms with Crippen LogP contribution >= 0.6 is 0 Å². The number of halogens is 3. The van der Waals surface area contributed by atoms with E-state index in [-0.39, 0.29) is 11.1 Å². The molecule has 4 aromatic rings. The molecule has 4 rings (SSSR count). The third-order valence-electron chi connectivity index (χ3n) is 6.29. The fourth-order valence-corrected chi connectivity index (χ4v) is 4.38. The molecule has 0 aliphatic rings. The Balaban J connectivity index is 1.77. The van der Waals surface area contributed by atoms with Gasteiger partial charge in [-0.2, -0.15) is 13.2 Å². The van der Waals surface area contributed by atoms with E-state index < -0.39 is 11.7 Å². The van der Waals surface area contributed by atoms with Crippen molar-refractivity contribution >= 4 is 24.7 Å². The quantitative estimate of drug-likeness (QED) is 0.203. The first kappa shape index (κ1) is 24.9. The Morgan fingerprint density at radius 1 is 0.611 bits per heavy atom. The van der Waals surface area contributed by atoms with Gasteiger partial charge >= 0.3 is 6.18 Å². The fourth-order valence-electron chi connectivity index (χ4n) is 4.38. The lowest BCUT2D eigenvalue weighted by Crippen LogP contribution is -2.07. The van der Waals surface area contributed by atoms with Crippen LogP contribution in [-0.4, -0.2) is 12.6 Å². The molecule has 36 heavy (non-hydrogen) atoms. The average Bonchev–Trinajstić information content (AvgIpc) is 2.87. The normalized spacial score (nSPS) is 11.6. The van der Waals surface area contributed by atoms with Gasteiger partial charge in [0.05, 0.1) is 5.56 Å². The van der Waals surface area contributed by atoms with E-state index >= 15 is 0 Å². The summed E-state index contributed by atoms with van der Waals surface area (Å²) in [4.78, 5) is 22.4. The second-order valence-electron chi connectivity index (χ2n) is 8.54. The topological polar surface area (TPSA) is 34.1 Å². The minimum atomic E-state index is -4.53. The van der Waals surface area contributed by atoms with Crippen LogP contribution < -0.4 is 0 Å². The molecule has 0 aliphatic carbocycles. The molecule has 0 unspecified atom stereocenters. The van der Waals surface area contributed by atoms with Gasteiger partial charge in [-0.3, -0.25) is 9.59 Å². The van der Waals surface area contributed by atoms with Gasteiger partial charge in [0.25, 0.3) is 0 Å². The summed E-state index contributed by atoms with van der Waals surface area (Å²) in [7, 11) is 0. The van der Waals surface area contributed by atoms with Crippen molar-refractivity contribution in [2.24, 2.45) is 0 Å². The van der Waals surface area contributed by atoms with Crippen molar-refractivity contribution in [2.75, 3.05) is 0 Å². The first-order valence-electron chi connectivity index (χ1n) is 11.3. The number of rotatable bonds is 6. The maximum absolute atomic E-state index is 13.5. The summed E-state index contributed by atoms with van der Waals surface area (Å²) < 4.78 is 40.5. The summed E-state index contributed by atoms with van der Waals surface area (Å²) in [5, 5.41) is 0. The lowest BCUT2D eigenvalue weighted by atomic mass is 9.89. The van der Waals surface area contributed by atoms with Gasteiger partial charge in [-0.05, 0) is 76.6 Å². The molecular formula is C31H23F3O2. The number of alkyl halides is 3. The van der Waals surface area contributed by atoms with E-state index in [0.29, 0.717) is 11.8 Å². The van der Waals surface area contributed by atoms with Crippen molar-refractivity contribution in [3.05, 3.63) is 118 Å². The van der Waals surface area contributed by atoms with E-state index in [4.69, 9.17) is 0 Å². The van der Waals surface area contributed by atoms with E-state index in [0.717, 1.165) is 51.3 Å². The molecule has 4 aromatic carbocycles. The number of hydrogen-bond donors (Lipinski definition) is 0. The van der Waals surface area contributed by atoms with Gasteiger partial charge in [-0.15, -0.1) is 0 Å². The lowest BCUT2D eigenvalue weighted by molar-refractivity contribution is -0.137. The highest BCUT2D eigenvalue weighted by Crippen LogP contribution is 2.36. The van der Waals surface area contributed by atoms with Crippen LogP contribution in [0.25, 0.3) is 34.4 Å². The molecule has 5 heteroatoms. The van der Waals surface area contributed by atoms with Crippen LogP contribution in [0.3, 0.4) is 0 Å². The van der Waals surface area contributed by atoms with Crippen molar-refractivity contribution in [1.29, 1.82) is 0 Å². The highest BCUT2D eigenvalue weighted by Gasteiger charge is 2.32. The van der Waals surface area contributed by atoms with Crippen molar-refractivity contribution < 1.29 is 22.8 Å². The van der Waals surface area contributed by atoms with Gasteiger partial charge in [0.1, 0.15) is 12.6 Å². The van der Waals surface area contributed by atoms with Gasteiger partial charge in [0.2, 0.25) is 0 Å². The van der Waals surface area contributed by atoms with Crippen LogP contribution in [0.15, 0.2) is 78.9 Å². The van der Waals surface area contributed by atoms with Gasteiger partial charge in [0, 0.05) is 11.1 Å². The molecule has 0 aromatic heterocycles. The van der Waals surface area contributed by atoms with Gasteiger partial charge < -0.3 is 0 Å². The maximum atomic E-state index is 13.5. The zero-order valence-electron chi connectivity index (χ0n) is 19.8. The number of hydrogen-bond acceptors (Lipinski definition) is 2. The Kier molecular flexibility index (Phi) is 7.02. The van der Waals surface area contributed by atoms with E-state index in [9.17, 15) is 22.8 Å². The van der Waals surface area contributed by atoms with Gasteiger partial charge in [-0.25, -0.2) is 0 Å². The predicted molar refractivity (Wildman–Crippen MR) is 138 cm³/mol. The lowest BCUT2D eigenvalue weighted by Gasteiger charge is -2.16. The smallest absolute Gasteiger partial charge is 0.298 e. The zero-order chi connectivity index (χ0) is 25.9. The van der Waals surface area contributed by atoms with Crippen LogP contribution in [0.1, 0.15) is 48.5 Å². The van der Waals surface area contributed by atoms with Crippen LogP contribution in [0.2, 0.25) is 0 Å². The fraction of sp³-hybridized carbons (Fsp3) is 0.0968. The highest BCUT2D eigenvalue weighted by molar-refractivity contribution is 5.85. The summed E-state index contributed by atoms with van der Waals surface area (Å²) in [6.45, 7) is 3.95. The maximum Gasteiger partial charge on any atom is 0.416 e. The highest BCUT2D eigenvalue weighted by atomic mass is 19.4. The molecule has 180 valence electrons. The Morgan fingerprint density at radius 3 is 1.89 bits per heavy atom. The van der Waals surface area contributed by atoms with E-state index in [1.54, 1.807) is 12.1 Å². The molecule has 2 nitrogen and oxygen atoms in total. The monoisotopic (exact) mass is 484 g/mol. The molecule has 0 saturated carbocycles. The molecule has 0 amide bonds. The third-order valence-corrected chi connectivity index (χ3v) is 6.29. The van der Waals surface area contributed by atoms with Crippen molar-refractivity contribution in [1.82, 2.24) is 0 Å². The number of benzene rings is 4. The van der Waals surface area contributed by atoms with Gasteiger partial charge in [-0.1, -0.05) is 72.8 Å². The minimum Gasteiger partial charge on any atom is -0.298 e. The summed E-state index contributed by atoms with van der Waals surface area (Å²) in [5.41, 5.74) is 6.51. The molecule has 0 atom stereocenters. The van der Waals surface area contributed by atoms with Crippen LogP contribution in [-0.2, 0) is 6.18 Å². The summed E-state index contributed by atoms with van der Waals surface area (Å²) in [5.74, 6) is 0. The standard InChI is InChI=1S/C31H23F3O2/c1-20-24(13-14-26-17-23(19-36)12-15-30(26)31(32,33)34)7-4-10-28(20)29-11-5-9-27(21(29)2)25-8-3-6-22(16-25)18-35/h3-19H,1-2H3/b14-13+. The number of carbonyl (C=O) groups is 2. The van der Waals surface area contributed by atoms with Crippen LogP contribution in [0.4, 0.5) is 13.2 Å². The molecular weight excluding hydrogens is 461 g/mol. The van der Waals surface area contributed by atoms with Gasteiger partial charge in [0.15, 0.2) is 0 Å². The van der Waals surface area contributed by atoms with Crippen molar-refractivity contribution in [3.8, 4) is 22.3 Å². The molecule has 0 saturated heterocycles. The minimum absolute atomic E-state index is 0.0647. The van der Waals surface area contributed by atoms with E-state index in [2.05, 4.69) is 0 Å². The Morgan fingerprint density at radius 2 is 1.19 bits per heavy atom. The molecule has 0 aliphatic heterocycles. The first-order valence-corrected chi connectivity index (χ1v) is 11.3. The third kappa shape index (κ3) is 5.05. The molecule has 0 fully saturated rings. The molecule has 0 spiro atoms. The SMILES string of the molecule is Cc1c(/C=C/c2cc(C=O)ccc2C(F)(F)F)cccc1-c1cccc(-c2cccc(C=O)c2)c1C. The summed E-state index contributed by atoms with van der Waals surface area (Å²) >= 11 is 0. The Labute approximate surface area is 207 Å². The molecule has 0 heterocycles. The summed E-state index contributed by atoms with van der Waals surface area (Å²) in [6.07, 6.45) is -0.140. The first-order chi connectivity index (χ1) is 17.2. The van der Waals surface area contributed by atoms with E-state index in [1.165, 1.54) is 18.2 Å². The predicted octanol–water partition coefficient (Wildman–Crippen LogP) is 8.45. The van der Waals surface area contributed by atoms with Crippen LogP contribution in [0.5, 0.6) is 0 Å². The van der Waals surface area contributed by atoms with E-state index in [1.807, 2.05) is 68.4 Å². The molecule has 0 radical (unpaired) electrons. The molecule has 0 bridgehead atoms. The average molecular weight is 485 g/mol. The summed E-state index contributed by atoms with van der Waals surface area (Å²) in [6, 6.07) is 22.4. The Hall–Kier alpha value is -4.25. The second-order valence-corrected chi connectivity index (χ2v) is 8.54. The van der Waals surface area contributed by atoms with Crippen molar-refractivity contribution in [2.45, 2.75) is 20.0 Å².